The van der Waals surface area contributed by atoms with Crippen molar-refractivity contribution < 1.29 is 4.74 Å². The Hall–Kier alpha value is -2.95. The maximum Gasteiger partial charge on any atom is 0.191 e. The second-order valence-electron chi connectivity index (χ2n) is 6.91. The summed E-state index contributed by atoms with van der Waals surface area (Å²) in [7, 11) is 1.71. The van der Waals surface area contributed by atoms with Crippen LogP contribution in [-0.2, 0) is 13.1 Å². The molecule has 0 unspecified atom stereocenters. The van der Waals surface area contributed by atoms with Crippen LogP contribution < -0.4 is 20.3 Å². The summed E-state index contributed by atoms with van der Waals surface area (Å²) in [6, 6.07) is 14.9. The Morgan fingerprint density at radius 3 is 2.68 bits per heavy atom. The predicted molar refractivity (Wildman–Crippen MR) is 117 cm³/mol. The zero-order valence-electron chi connectivity index (χ0n) is 17.0. The van der Waals surface area contributed by atoms with Crippen molar-refractivity contribution in [3.63, 3.8) is 0 Å². The lowest BCUT2D eigenvalue weighted by Crippen LogP contribution is -2.36. The highest BCUT2D eigenvalue weighted by atomic mass is 16.5. The summed E-state index contributed by atoms with van der Waals surface area (Å²) in [5, 5.41) is 6.73. The van der Waals surface area contributed by atoms with Crippen molar-refractivity contribution in [1.29, 1.82) is 0 Å². The Labute approximate surface area is 168 Å². The van der Waals surface area contributed by atoms with Crippen molar-refractivity contribution in [2.24, 2.45) is 4.99 Å². The van der Waals surface area contributed by atoms with Gasteiger partial charge in [-0.3, -0.25) is 0 Å². The molecule has 0 aliphatic carbocycles. The van der Waals surface area contributed by atoms with E-state index < -0.39 is 0 Å². The first-order valence-electron chi connectivity index (χ1n) is 9.84. The van der Waals surface area contributed by atoms with Crippen molar-refractivity contribution >= 4 is 11.6 Å². The zero-order chi connectivity index (χ0) is 19.8. The maximum atomic E-state index is 5.50. The number of ether oxygens (including phenoxy) is 1. The van der Waals surface area contributed by atoms with Crippen molar-refractivity contribution in [1.82, 2.24) is 10.6 Å². The number of aryl methyl sites for hydroxylation is 1. The van der Waals surface area contributed by atoms with Crippen LogP contribution in [0.4, 0.5) is 5.69 Å². The van der Waals surface area contributed by atoms with Gasteiger partial charge in [0.2, 0.25) is 0 Å². The molecule has 2 aromatic carbocycles. The first-order valence-corrected chi connectivity index (χ1v) is 9.84. The standard InChI is InChI=1S/C23H30N4O/c1-4-24-23(26-17-20-11-10-18(2)14-22(20)28-3)25-16-19-8-7-9-21(15-19)27-12-5-6-13-27/h5-11,14-15H,4,12-13,16-17H2,1-3H3,(H2,24,25,26). The Kier molecular flexibility index (Phi) is 6.95. The molecule has 0 saturated heterocycles. The summed E-state index contributed by atoms with van der Waals surface area (Å²) in [5.74, 6) is 1.70. The molecule has 148 valence electrons. The van der Waals surface area contributed by atoms with Crippen LogP contribution in [0.5, 0.6) is 5.75 Å². The average Bonchev–Trinajstić information content (AvgIpc) is 3.26. The molecule has 5 heteroatoms. The van der Waals surface area contributed by atoms with Gasteiger partial charge in [0.25, 0.3) is 0 Å². The fourth-order valence-electron chi connectivity index (χ4n) is 3.23. The van der Waals surface area contributed by atoms with Crippen LogP contribution in [0.3, 0.4) is 0 Å². The summed E-state index contributed by atoms with van der Waals surface area (Å²) in [6.45, 7) is 8.22. The highest BCUT2D eigenvalue weighted by Crippen LogP contribution is 2.20. The van der Waals surface area contributed by atoms with E-state index in [-0.39, 0.29) is 0 Å². The number of hydrogen-bond donors (Lipinski definition) is 2. The number of rotatable bonds is 7. The molecule has 2 N–H and O–H groups in total. The van der Waals surface area contributed by atoms with Gasteiger partial charge >= 0.3 is 0 Å². The van der Waals surface area contributed by atoms with Crippen molar-refractivity contribution in [2.75, 3.05) is 31.6 Å². The number of nitrogens with one attached hydrogen (secondary N) is 2. The minimum atomic E-state index is 0.634. The second-order valence-corrected chi connectivity index (χ2v) is 6.91. The second kappa shape index (κ2) is 9.83. The summed E-state index contributed by atoms with van der Waals surface area (Å²) >= 11 is 0. The van der Waals surface area contributed by atoms with E-state index in [4.69, 9.17) is 9.73 Å². The lowest BCUT2D eigenvalue weighted by atomic mass is 10.1. The van der Waals surface area contributed by atoms with E-state index in [1.54, 1.807) is 7.11 Å². The van der Waals surface area contributed by atoms with E-state index in [0.717, 1.165) is 36.9 Å². The number of nitrogens with zero attached hydrogens (tertiary/aromatic N) is 2. The minimum Gasteiger partial charge on any atom is -0.496 e. The molecule has 0 bridgehead atoms. The smallest absolute Gasteiger partial charge is 0.191 e. The van der Waals surface area contributed by atoms with Crippen molar-refractivity contribution in [2.45, 2.75) is 26.9 Å². The van der Waals surface area contributed by atoms with E-state index in [1.807, 2.05) is 0 Å². The monoisotopic (exact) mass is 378 g/mol. The number of benzene rings is 2. The number of anilines is 1. The summed E-state index contributed by atoms with van der Waals surface area (Å²) in [6.07, 6.45) is 4.41. The number of aliphatic imine (C=N–C) groups is 1. The summed E-state index contributed by atoms with van der Waals surface area (Å²) in [4.78, 5) is 7.11. The first kappa shape index (κ1) is 19.8. The molecular formula is C23H30N4O. The van der Waals surface area contributed by atoms with Gasteiger partial charge in [-0.15, -0.1) is 0 Å². The fourth-order valence-corrected chi connectivity index (χ4v) is 3.23. The third-order valence-corrected chi connectivity index (χ3v) is 4.75. The Morgan fingerprint density at radius 1 is 1.11 bits per heavy atom. The molecule has 0 spiro atoms. The quantitative estimate of drug-likeness (QED) is 0.439. The molecule has 28 heavy (non-hydrogen) atoms. The summed E-state index contributed by atoms with van der Waals surface area (Å²) < 4.78 is 5.50. The Balaban J connectivity index is 1.65. The molecule has 0 aromatic heterocycles. The van der Waals surface area contributed by atoms with Crippen LogP contribution in [0.1, 0.15) is 23.6 Å². The molecule has 0 fully saturated rings. The van der Waals surface area contributed by atoms with Crippen LogP contribution in [-0.4, -0.2) is 32.7 Å². The summed E-state index contributed by atoms with van der Waals surface area (Å²) in [5.41, 5.74) is 4.76. The molecular weight excluding hydrogens is 348 g/mol. The van der Waals surface area contributed by atoms with E-state index in [0.29, 0.717) is 13.1 Å². The molecule has 2 aromatic rings. The third kappa shape index (κ3) is 5.28. The lowest BCUT2D eigenvalue weighted by molar-refractivity contribution is 0.408. The highest BCUT2D eigenvalue weighted by molar-refractivity contribution is 5.79. The minimum absolute atomic E-state index is 0.634. The molecule has 3 rings (SSSR count). The van der Waals surface area contributed by atoms with E-state index in [2.05, 4.69) is 84.0 Å². The molecule has 1 aliphatic heterocycles. The topological polar surface area (TPSA) is 48.9 Å². The van der Waals surface area contributed by atoms with Gasteiger partial charge in [-0.2, -0.15) is 0 Å². The fraction of sp³-hybridized carbons (Fsp3) is 0.348. The molecule has 0 saturated carbocycles. The van der Waals surface area contributed by atoms with Crippen molar-refractivity contribution in [3.8, 4) is 5.75 Å². The van der Waals surface area contributed by atoms with Gasteiger partial charge in [-0.05, 0) is 43.2 Å². The van der Waals surface area contributed by atoms with Crippen LogP contribution >= 0.6 is 0 Å². The zero-order valence-corrected chi connectivity index (χ0v) is 17.0. The van der Waals surface area contributed by atoms with Crippen LogP contribution in [0.15, 0.2) is 59.6 Å². The van der Waals surface area contributed by atoms with Gasteiger partial charge < -0.3 is 20.3 Å². The normalized spacial score (nSPS) is 13.7. The van der Waals surface area contributed by atoms with Gasteiger partial charge in [-0.1, -0.05) is 36.4 Å². The van der Waals surface area contributed by atoms with Gasteiger partial charge in [0.15, 0.2) is 5.96 Å². The van der Waals surface area contributed by atoms with Crippen molar-refractivity contribution in [3.05, 3.63) is 71.3 Å². The highest BCUT2D eigenvalue weighted by Gasteiger charge is 2.08. The van der Waals surface area contributed by atoms with Gasteiger partial charge in [0, 0.05) is 37.4 Å². The number of methoxy groups -OCH3 is 1. The van der Waals surface area contributed by atoms with Gasteiger partial charge in [0.1, 0.15) is 5.75 Å². The van der Waals surface area contributed by atoms with Crippen LogP contribution in [0.2, 0.25) is 0 Å². The lowest BCUT2D eigenvalue weighted by Gasteiger charge is -2.18. The largest absolute Gasteiger partial charge is 0.496 e. The molecule has 0 atom stereocenters. The van der Waals surface area contributed by atoms with Crippen LogP contribution in [0.25, 0.3) is 0 Å². The predicted octanol–water partition coefficient (Wildman–Crippen LogP) is 3.64. The third-order valence-electron chi connectivity index (χ3n) is 4.75. The molecule has 0 amide bonds. The average molecular weight is 379 g/mol. The number of guanidine groups is 1. The molecule has 5 nitrogen and oxygen atoms in total. The first-order chi connectivity index (χ1) is 13.7. The maximum absolute atomic E-state index is 5.50. The van der Waals surface area contributed by atoms with Gasteiger partial charge in [0.05, 0.1) is 13.7 Å². The van der Waals surface area contributed by atoms with E-state index in [9.17, 15) is 0 Å². The molecule has 1 heterocycles. The SMILES string of the molecule is CCNC(=NCc1cccc(N2CC=CC2)c1)NCc1ccc(C)cc1OC. The van der Waals surface area contributed by atoms with E-state index in [1.165, 1.54) is 16.8 Å². The van der Waals surface area contributed by atoms with E-state index >= 15 is 0 Å². The number of hydrogen-bond acceptors (Lipinski definition) is 3. The van der Waals surface area contributed by atoms with Crippen LogP contribution in [0, 0.1) is 6.92 Å². The Morgan fingerprint density at radius 2 is 1.93 bits per heavy atom. The molecule has 0 radical (unpaired) electrons. The Bertz CT molecular complexity index is 836. The van der Waals surface area contributed by atoms with Gasteiger partial charge in [-0.25, -0.2) is 4.99 Å². The molecule has 1 aliphatic rings.